The number of nitrogens with one attached hydrogen (secondary N) is 1. The molecule has 0 aliphatic heterocycles. The molecule has 0 aliphatic carbocycles. The van der Waals surface area contributed by atoms with Gasteiger partial charge >= 0.3 is 5.97 Å². The Labute approximate surface area is 115 Å². The minimum absolute atomic E-state index is 0.341. The molecule has 104 valence electrons. The first-order chi connectivity index (χ1) is 8.84. The van der Waals surface area contributed by atoms with Crippen molar-refractivity contribution in [1.82, 2.24) is 10.2 Å². The van der Waals surface area contributed by atoms with Gasteiger partial charge in [-0.3, -0.25) is 9.59 Å². The molecule has 0 saturated heterocycles. The SMILES string of the molecule is CC(NC(=O)c1cccs1)C(=O)N(C)C(C)C(=O)O. The largest absolute Gasteiger partial charge is 0.480 e. The van der Waals surface area contributed by atoms with Crippen LogP contribution in [0.5, 0.6) is 0 Å². The van der Waals surface area contributed by atoms with Crippen LogP contribution in [0, 0.1) is 0 Å². The number of carbonyl (C=O) groups is 3. The van der Waals surface area contributed by atoms with Crippen LogP contribution in [0.15, 0.2) is 17.5 Å². The Balaban J connectivity index is 2.63. The van der Waals surface area contributed by atoms with Crippen molar-refractivity contribution in [2.24, 2.45) is 0 Å². The summed E-state index contributed by atoms with van der Waals surface area (Å²) >= 11 is 1.27. The van der Waals surface area contributed by atoms with E-state index in [1.807, 2.05) is 0 Å². The lowest BCUT2D eigenvalue weighted by Crippen LogP contribution is -2.50. The number of hydrogen-bond acceptors (Lipinski definition) is 4. The van der Waals surface area contributed by atoms with Crippen molar-refractivity contribution in [1.29, 1.82) is 0 Å². The molecule has 0 saturated carbocycles. The number of aliphatic carboxylic acids is 1. The van der Waals surface area contributed by atoms with Gasteiger partial charge in [0.1, 0.15) is 12.1 Å². The lowest BCUT2D eigenvalue weighted by molar-refractivity contribution is -0.148. The molecule has 2 atom stereocenters. The quantitative estimate of drug-likeness (QED) is 0.837. The van der Waals surface area contributed by atoms with E-state index < -0.39 is 24.0 Å². The van der Waals surface area contributed by atoms with Crippen LogP contribution in [0.4, 0.5) is 0 Å². The normalized spacial score (nSPS) is 13.4. The van der Waals surface area contributed by atoms with Gasteiger partial charge in [-0.2, -0.15) is 0 Å². The summed E-state index contributed by atoms with van der Waals surface area (Å²) < 4.78 is 0. The Morgan fingerprint density at radius 3 is 2.47 bits per heavy atom. The third-order valence-electron chi connectivity index (χ3n) is 2.75. The van der Waals surface area contributed by atoms with Crippen LogP contribution in [-0.4, -0.2) is 46.9 Å². The van der Waals surface area contributed by atoms with Crippen molar-refractivity contribution in [3.63, 3.8) is 0 Å². The minimum atomic E-state index is -1.09. The molecule has 0 radical (unpaired) electrons. The van der Waals surface area contributed by atoms with Crippen molar-refractivity contribution in [2.45, 2.75) is 25.9 Å². The van der Waals surface area contributed by atoms with Crippen LogP contribution in [-0.2, 0) is 9.59 Å². The monoisotopic (exact) mass is 284 g/mol. The number of likely N-dealkylation sites (N-methyl/N-ethyl adjacent to an activating group) is 1. The maximum Gasteiger partial charge on any atom is 0.326 e. The molecule has 19 heavy (non-hydrogen) atoms. The third kappa shape index (κ3) is 3.78. The molecule has 1 aromatic heterocycles. The number of thiophene rings is 1. The lowest BCUT2D eigenvalue weighted by atomic mass is 10.2. The molecule has 0 bridgehead atoms. The van der Waals surface area contributed by atoms with E-state index >= 15 is 0 Å². The average Bonchev–Trinajstić information content (AvgIpc) is 2.89. The summed E-state index contributed by atoms with van der Waals surface area (Å²) in [6.45, 7) is 2.94. The highest BCUT2D eigenvalue weighted by molar-refractivity contribution is 7.12. The standard InChI is InChI=1S/C12H16N2O4S/c1-7(11(16)14(3)8(2)12(17)18)13-10(15)9-5-4-6-19-9/h4-8H,1-3H3,(H,13,15)(H,17,18). The first kappa shape index (κ1) is 15.2. The molecule has 0 aliphatic rings. The molecule has 0 fully saturated rings. The Kier molecular flexibility index (Phi) is 5.05. The van der Waals surface area contributed by atoms with E-state index in [4.69, 9.17) is 5.11 Å². The van der Waals surface area contributed by atoms with Gasteiger partial charge in [0.25, 0.3) is 5.91 Å². The fraction of sp³-hybridized carbons (Fsp3) is 0.417. The van der Waals surface area contributed by atoms with Crippen LogP contribution in [0.25, 0.3) is 0 Å². The molecule has 1 rings (SSSR count). The van der Waals surface area contributed by atoms with Gasteiger partial charge in [-0.05, 0) is 25.3 Å². The summed E-state index contributed by atoms with van der Waals surface area (Å²) in [6.07, 6.45) is 0. The molecule has 6 nitrogen and oxygen atoms in total. The Hall–Kier alpha value is -1.89. The second-order valence-corrected chi connectivity index (χ2v) is 5.08. The summed E-state index contributed by atoms with van der Waals surface area (Å²) in [6, 6.07) is 1.68. The van der Waals surface area contributed by atoms with Crippen molar-refractivity contribution >= 4 is 29.1 Å². The summed E-state index contributed by atoms with van der Waals surface area (Å²) in [4.78, 5) is 36.1. The molecule has 7 heteroatoms. The average molecular weight is 284 g/mol. The van der Waals surface area contributed by atoms with Gasteiger partial charge in [-0.15, -0.1) is 11.3 Å². The summed E-state index contributed by atoms with van der Waals surface area (Å²) in [5.74, 6) is -1.88. The highest BCUT2D eigenvalue weighted by atomic mass is 32.1. The molecule has 0 spiro atoms. The summed E-state index contributed by atoms with van der Waals surface area (Å²) in [7, 11) is 1.40. The van der Waals surface area contributed by atoms with Gasteiger partial charge in [0.05, 0.1) is 4.88 Å². The minimum Gasteiger partial charge on any atom is -0.480 e. The zero-order valence-electron chi connectivity index (χ0n) is 10.9. The topological polar surface area (TPSA) is 86.7 Å². The number of nitrogens with zero attached hydrogens (tertiary/aromatic N) is 1. The van der Waals surface area contributed by atoms with Crippen molar-refractivity contribution < 1.29 is 19.5 Å². The molecular formula is C12H16N2O4S. The first-order valence-electron chi connectivity index (χ1n) is 5.68. The fourth-order valence-electron chi connectivity index (χ4n) is 1.40. The maximum atomic E-state index is 11.9. The number of carbonyl (C=O) groups excluding carboxylic acids is 2. The number of carboxylic acid groups (broad SMARTS) is 1. The molecular weight excluding hydrogens is 268 g/mol. The predicted molar refractivity (Wildman–Crippen MR) is 71.1 cm³/mol. The van der Waals surface area contributed by atoms with Gasteiger partial charge in [0.15, 0.2) is 0 Å². The molecule has 2 amide bonds. The predicted octanol–water partition coefficient (Wildman–Crippen LogP) is 0.798. The Morgan fingerprint density at radius 1 is 1.37 bits per heavy atom. The number of carboxylic acids is 1. The van der Waals surface area contributed by atoms with E-state index in [1.54, 1.807) is 17.5 Å². The third-order valence-corrected chi connectivity index (χ3v) is 3.62. The van der Waals surface area contributed by atoms with E-state index in [9.17, 15) is 14.4 Å². The van der Waals surface area contributed by atoms with E-state index in [2.05, 4.69) is 5.32 Å². The smallest absolute Gasteiger partial charge is 0.326 e. The molecule has 1 heterocycles. The lowest BCUT2D eigenvalue weighted by Gasteiger charge is -2.25. The van der Waals surface area contributed by atoms with Gasteiger partial charge < -0.3 is 15.3 Å². The fourth-order valence-corrected chi connectivity index (χ4v) is 2.03. The maximum absolute atomic E-state index is 11.9. The number of rotatable bonds is 5. The second-order valence-electron chi connectivity index (χ2n) is 4.14. The van der Waals surface area contributed by atoms with E-state index in [0.717, 1.165) is 4.90 Å². The van der Waals surface area contributed by atoms with Crippen molar-refractivity contribution in [3.8, 4) is 0 Å². The van der Waals surface area contributed by atoms with E-state index in [1.165, 1.54) is 32.2 Å². The zero-order valence-corrected chi connectivity index (χ0v) is 11.7. The van der Waals surface area contributed by atoms with E-state index in [-0.39, 0.29) is 5.91 Å². The Bertz CT molecular complexity index is 472. The van der Waals surface area contributed by atoms with Crippen LogP contribution in [0.1, 0.15) is 23.5 Å². The highest BCUT2D eigenvalue weighted by Crippen LogP contribution is 2.08. The van der Waals surface area contributed by atoms with Crippen molar-refractivity contribution in [3.05, 3.63) is 22.4 Å². The Morgan fingerprint density at radius 2 is 2.00 bits per heavy atom. The van der Waals surface area contributed by atoms with Gasteiger partial charge in [-0.1, -0.05) is 6.07 Å². The van der Waals surface area contributed by atoms with Crippen LogP contribution in [0.3, 0.4) is 0 Å². The second kappa shape index (κ2) is 6.33. The van der Waals surface area contributed by atoms with Gasteiger partial charge in [-0.25, -0.2) is 4.79 Å². The van der Waals surface area contributed by atoms with Crippen LogP contribution < -0.4 is 5.32 Å². The molecule has 0 aromatic carbocycles. The van der Waals surface area contributed by atoms with Crippen LogP contribution >= 0.6 is 11.3 Å². The van der Waals surface area contributed by atoms with E-state index in [0.29, 0.717) is 4.88 Å². The number of hydrogen-bond donors (Lipinski definition) is 2. The van der Waals surface area contributed by atoms with Crippen molar-refractivity contribution in [2.75, 3.05) is 7.05 Å². The van der Waals surface area contributed by atoms with Crippen LogP contribution in [0.2, 0.25) is 0 Å². The molecule has 2 N–H and O–H groups in total. The summed E-state index contributed by atoms with van der Waals surface area (Å²) in [5, 5.41) is 13.1. The first-order valence-corrected chi connectivity index (χ1v) is 6.56. The molecule has 2 unspecified atom stereocenters. The van der Waals surface area contributed by atoms with Gasteiger partial charge in [0.2, 0.25) is 5.91 Å². The number of amides is 2. The highest BCUT2D eigenvalue weighted by Gasteiger charge is 2.26. The molecule has 1 aromatic rings. The van der Waals surface area contributed by atoms with Gasteiger partial charge in [0, 0.05) is 7.05 Å². The zero-order chi connectivity index (χ0) is 14.6. The summed E-state index contributed by atoms with van der Waals surface area (Å²) in [5.41, 5.74) is 0.